The van der Waals surface area contributed by atoms with Crippen molar-refractivity contribution < 1.29 is 4.79 Å². The van der Waals surface area contributed by atoms with E-state index in [9.17, 15) is 4.79 Å². The highest BCUT2D eigenvalue weighted by Crippen LogP contribution is 2.25. The Labute approximate surface area is 149 Å². The monoisotopic (exact) mass is 428 g/mol. The molecule has 116 valence electrons. The van der Waals surface area contributed by atoms with Gasteiger partial charge in [0.05, 0.1) is 11.6 Å². The molecule has 5 heteroatoms. The van der Waals surface area contributed by atoms with Gasteiger partial charge in [0, 0.05) is 15.1 Å². The smallest absolute Gasteiger partial charge is 0.252 e. The summed E-state index contributed by atoms with van der Waals surface area (Å²) >= 11 is 8.45. The number of nitrogens with one attached hydrogen (secondary N) is 1. The molecule has 0 spiro atoms. The van der Waals surface area contributed by atoms with E-state index in [4.69, 9.17) is 11.6 Å². The zero-order chi connectivity index (χ0) is 16.1. The third-order valence-electron chi connectivity index (χ3n) is 3.46. The lowest BCUT2D eigenvalue weighted by molar-refractivity contribution is 0.0941. The Morgan fingerprint density at radius 2 is 1.82 bits per heavy atom. The van der Waals surface area contributed by atoms with Gasteiger partial charge in [0.2, 0.25) is 0 Å². The molecule has 0 unspecified atom stereocenters. The first-order valence-corrected chi connectivity index (χ1v) is 8.40. The van der Waals surface area contributed by atoms with E-state index in [0.29, 0.717) is 17.1 Å². The summed E-state index contributed by atoms with van der Waals surface area (Å²) in [6.07, 6.45) is 0. The Balaban J connectivity index is 2.12. The summed E-state index contributed by atoms with van der Waals surface area (Å²) in [7, 11) is 3.96. The average Bonchev–Trinajstić information content (AvgIpc) is 2.49. The summed E-state index contributed by atoms with van der Waals surface area (Å²) in [5.41, 5.74) is 1.71. The minimum Gasteiger partial charge on any atom is -0.350 e. The number of likely N-dealkylation sites (N-methyl/N-ethyl adjacent to an activating group) is 1. The molecule has 0 aliphatic carbocycles. The quantitative estimate of drug-likeness (QED) is 0.731. The minimum absolute atomic E-state index is 0.0269. The fourth-order valence-electron chi connectivity index (χ4n) is 2.25. The number of hydrogen-bond donors (Lipinski definition) is 1. The SMILES string of the molecule is CN(C)[C@H](CNC(=O)c1ccccc1I)c1ccccc1Cl. The van der Waals surface area contributed by atoms with Gasteiger partial charge in [-0.25, -0.2) is 0 Å². The Morgan fingerprint density at radius 3 is 2.45 bits per heavy atom. The summed E-state index contributed by atoms with van der Waals surface area (Å²) in [5, 5.41) is 3.72. The number of nitrogens with zero attached hydrogens (tertiary/aromatic N) is 1. The van der Waals surface area contributed by atoms with Gasteiger partial charge in [0.25, 0.3) is 5.91 Å². The average molecular weight is 429 g/mol. The predicted molar refractivity (Wildman–Crippen MR) is 99.4 cm³/mol. The van der Waals surface area contributed by atoms with Crippen LogP contribution in [0.3, 0.4) is 0 Å². The molecule has 1 amide bonds. The predicted octanol–water partition coefficient (Wildman–Crippen LogP) is 3.98. The normalized spacial score (nSPS) is 12.2. The van der Waals surface area contributed by atoms with E-state index in [1.807, 2.05) is 62.6 Å². The maximum Gasteiger partial charge on any atom is 0.252 e. The van der Waals surface area contributed by atoms with Gasteiger partial charge in [-0.2, -0.15) is 0 Å². The fraction of sp³-hybridized carbons (Fsp3) is 0.235. The summed E-state index contributed by atoms with van der Waals surface area (Å²) < 4.78 is 0.941. The van der Waals surface area contributed by atoms with Crippen LogP contribution >= 0.6 is 34.2 Å². The van der Waals surface area contributed by atoms with E-state index in [1.165, 1.54) is 0 Å². The molecule has 0 aromatic heterocycles. The van der Waals surface area contributed by atoms with Gasteiger partial charge in [-0.05, 0) is 60.4 Å². The van der Waals surface area contributed by atoms with Crippen LogP contribution in [-0.4, -0.2) is 31.4 Å². The van der Waals surface area contributed by atoms with Gasteiger partial charge in [-0.15, -0.1) is 0 Å². The van der Waals surface area contributed by atoms with E-state index in [-0.39, 0.29) is 11.9 Å². The second-order valence-electron chi connectivity index (χ2n) is 5.19. The van der Waals surface area contributed by atoms with Crippen LogP contribution in [-0.2, 0) is 0 Å². The van der Waals surface area contributed by atoms with Crippen LogP contribution in [0, 0.1) is 3.57 Å². The molecule has 0 heterocycles. The molecule has 3 nitrogen and oxygen atoms in total. The van der Waals surface area contributed by atoms with Gasteiger partial charge >= 0.3 is 0 Å². The Hall–Kier alpha value is -1.11. The molecule has 1 N–H and O–H groups in total. The van der Waals surface area contributed by atoms with Gasteiger partial charge < -0.3 is 10.2 Å². The van der Waals surface area contributed by atoms with Crippen LogP contribution in [0.5, 0.6) is 0 Å². The second-order valence-corrected chi connectivity index (χ2v) is 6.76. The highest BCUT2D eigenvalue weighted by Gasteiger charge is 2.18. The third-order valence-corrected chi connectivity index (χ3v) is 4.75. The number of hydrogen-bond acceptors (Lipinski definition) is 2. The first-order chi connectivity index (χ1) is 10.5. The topological polar surface area (TPSA) is 32.3 Å². The van der Waals surface area contributed by atoms with E-state index < -0.39 is 0 Å². The summed E-state index contributed by atoms with van der Waals surface area (Å²) in [5.74, 6) is -0.0658. The molecule has 0 radical (unpaired) electrons. The van der Waals surface area contributed by atoms with Gasteiger partial charge in [0.1, 0.15) is 0 Å². The number of carbonyl (C=O) groups is 1. The molecule has 2 rings (SSSR count). The summed E-state index contributed by atoms with van der Waals surface area (Å²) in [4.78, 5) is 14.4. The molecular weight excluding hydrogens is 411 g/mol. The molecule has 1 atom stereocenters. The molecular formula is C17H18ClIN2O. The van der Waals surface area contributed by atoms with E-state index >= 15 is 0 Å². The lowest BCUT2D eigenvalue weighted by Gasteiger charge is -2.26. The van der Waals surface area contributed by atoms with Crippen LogP contribution < -0.4 is 5.32 Å². The molecule has 0 saturated carbocycles. The van der Waals surface area contributed by atoms with Crippen molar-refractivity contribution >= 4 is 40.1 Å². The molecule has 2 aromatic rings. The maximum atomic E-state index is 12.3. The summed E-state index contributed by atoms with van der Waals surface area (Å²) in [6.45, 7) is 0.501. The van der Waals surface area contributed by atoms with Crippen molar-refractivity contribution in [2.75, 3.05) is 20.6 Å². The van der Waals surface area contributed by atoms with Crippen LogP contribution in [0.25, 0.3) is 0 Å². The Morgan fingerprint density at radius 1 is 1.18 bits per heavy atom. The van der Waals surface area contributed by atoms with Crippen LogP contribution in [0.15, 0.2) is 48.5 Å². The maximum absolute atomic E-state index is 12.3. The van der Waals surface area contributed by atoms with Crippen molar-refractivity contribution in [3.63, 3.8) is 0 Å². The molecule has 0 fully saturated rings. The molecule has 0 bridgehead atoms. The largest absolute Gasteiger partial charge is 0.350 e. The van der Waals surface area contributed by atoms with Crippen molar-refractivity contribution in [3.05, 3.63) is 68.3 Å². The molecule has 22 heavy (non-hydrogen) atoms. The third kappa shape index (κ3) is 4.21. The van der Waals surface area contributed by atoms with E-state index in [2.05, 4.69) is 32.8 Å². The lowest BCUT2D eigenvalue weighted by Crippen LogP contribution is -2.35. The highest BCUT2D eigenvalue weighted by molar-refractivity contribution is 14.1. The van der Waals surface area contributed by atoms with Crippen molar-refractivity contribution in [2.45, 2.75) is 6.04 Å². The standard InChI is InChI=1S/C17H18ClIN2O/c1-21(2)16(12-7-3-5-9-14(12)18)11-20-17(22)13-8-4-6-10-15(13)19/h3-10,16H,11H2,1-2H3,(H,20,22)/t16-/m1/s1. The first kappa shape index (κ1) is 17.2. The molecule has 0 aliphatic heterocycles. The highest BCUT2D eigenvalue weighted by atomic mass is 127. The van der Waals surface area contributed by atoms with Crippen molar-refractivity contribution in [1.82, 2.24) is 10.2 Å². The van der Waals surface area contributed by atoms with Crippen molar-refractivity contribution in [3.8, 4) is 0 Å². The number of carbonyl (C=O) groups excluding carboxylic acids is 1. The van der Waals surface area contributed by atoms with Crippen LogP contribution in [0.2, 0.25) is 5.02 Å². The van der Waals surface area contributed by atoms with Crippen molar-refractivity contribution in [1.29, 1.82) is 0 Å². The van der Waals surface area contributed by atoms with Gasteiger partial charge in [-0.1, -0.05) is 41.9 Å². The Bertz CT molecular complexity index is 661. The fourth-order valence-corrected chi connectivity index (χ4v) is 3.14. The van der Waals surface area contributed by atoms with E-state index in [1.54, 1.807) is 0 Å². The van der Waals surface area contributed by atoms with E-state index in [0.717, 1.165) is 9.13 Å². The second kappa shape index (κ2) is 7.94. The molecule has 0 saturated heterocycles. The first-order valence-electron chi connectivity index (χ1n) is 6.94. The molecule has 0 aliphatic rings. The number of benzene rings is 2. The number of halogens is 2. The zero-order valence-electron chi connectivity index (χ0n) is 12.5. The Kier molecular flexibility index (Phi) is 6.23. The number of rotatable bonds is 5. The van der Waals surface area contributed by atoms with Crippen LogP contribution in [0.4, 0.5) is 0 Å². The molecule has 2 aromatic carbocycles. The number of amides is 1. The summed E-state index contributed by atoms with van der Waals surface area (Å²) in [6, 6.07) is 15.3. The minimum atomic E-state index is -0.0658. The zero-order valence-corrected chi connectivity index (χ0v) is 15.4. The lowest BCUT2D eigenvalue weighted by atomic mass is 10.1. The van der Waals surface area contributed by atoms with Crippen LogP contribution in [0.1, 0.15) is 22.0 Å². The van der Waals surface area contributed by atoms with Gasteiger partial charge in [-0.3, -0.25) is 4.79 Å². The van der Waals surface area contributed by atoms with Gasteiger partial charge in [0.15, 0.2) is 0 Å². The van der Waals surface area contributed by atoms with Crippen molar-refractivity contribution in [2.24, 2.45) is 0 Å².